The van der Waals surface area contributed by atoms with Gasteiger partial charge in [-0.25, -0.2) is 18.3 Å². The van der Waals surface area contributed by atoms with Gasteiger partial charge >= 0.3 is 0 Å². The van der Waals surface area contributed by atoms with Gasteiger partial charge in [0.15, 0.2) is 5.01 Å². The van der Waals surface area contributed by atoms with Gasteiger partial charge < -0.3 is 15.1 Å². The zero-order valence-electron chi connectivity index (χ0n) is 32.0. The van der Waals surface area contributed by atoms with Gasteiger partial charge in [-0.3, -0.25) is 24.8 Å². The number of hydrogen-bond acceptors (Lipinski definition) is 13. The van der Waals surface area contributed by atoms with E-state index in [0.29, 0.717) is 47.9 Å². The van der Waals surface area contributed by atoms with E-state index in [9.17, 15) is 23.6 Å². The van der Waals surface area contributed by atoms with Crippen LogP contribution in [-0.2, 0) is 9.59 Å². The number of halogens is 2. The maximum atomic E-state index is 14.1. The average Bonchev–Trinajstić information content (AvgIpc) is 3.90. The van der Waals surface area contributed by atoms with E-state index in [1.165, 1.54) is 17.5 Å². The Bertz CT molecular complexity index is 2330. The number of hydrogen-bond donors (Lipinski definition) is 2. The van der Waals surface area contributed by atoms with Crippen LogP contribution >= 0.6 is 11.3 Å². The van der Waals surface area contributed by atoms with Crippen LogP contribution in [0.5, 0.6) is 0 Å². The summed E-state index contributed by atoms with van der Waals surface area (Å²) in [6.45, 7) is 6.48. The van der Waals surface area contributed by atoms with Crippen molar-refractivity contribution in [3.8, 4) is 28.0 Å². The van der Waals surface area contributed by atoms with E-state index in [0.717, 1.165) is 97.6 Å². The summed E-state index contributed by atoms with van der Waals surface area (Å²) in [6, 6.07) is 13.5. The molecular formula is C41H44F2N12O2S. The zero-order valence-corrected chi connectivity index (χ0v) is 32.8. The van der Waals surface area contributed by atoms with Gasteiger partial charge in [0.05, 0.1) is 40.1 Å². The Hall–Kier alpha value is -5.60. The number of anilines is 3. The number of alkyl halides is 2. The molecule has 2 N–H and O–H groups in total. The number of piperazine rings is 1. The van der Waals surface area contributed by atoms with E-state index < -0.39 is 5.92 Å². The lowest BCUT2D eigenvalue weighted by atomic mass is 9.91. The number of aromatic nitrogens is 6. The van der Waals surface area contributed by atoms with Crippen molar-refractivity contribution in [1.82, 2.24) is 40.0 Å². The Morgan fingerprint density at radius 2 is 1.71 bits per heavy atom. The second kappa shape index (κ2) is 16.0. The second-order valence-corrected chi connectivity index (χ2v) is 16.8. The molecule has 2 amide bonds. The molecule has 300 valence electrons. The topological polar surface area (TPSA) is 161 Å². The molecule has 0 spiro atoms. The molecule has 0 radical (unpaired) electrons. The van der Waals surface area contributed by atoms with E-state index in [1.807, 2.05) is 30.3 Å². The van der Waals surface area contributed by atoms with Crippen LogP contribution in [0.1, 0.15) is 68.4 Å². The molecule has 1 atom stereocenters. The third kappa shape index (κ3) is 8.08. The first-order valence-corrected chi connectivity index (χ1v) is 20.9. The van der Waals surface area contributed by atoms with Crippen LogP contribution in [0, 0.1) is 17.2 Å². The highest BCUT2D eigenvalue weighted by Gasteiger charge is 2.35. The van der Waals surface area contributed by atoms with Gasteiger partial charge in [-0.15, -0.1) is 10.2 Å². The van der Waals surface area contributed by atoms with Gasteiger partial charge in [0.2, 0.25) is 22.9 Å². The molecule has 0 bridgehead atoms. The molecule has 3 aliphatic heterocycles. The molecule has 5 aromatic heterocycles. The predicted octanol–water partition coefficient (Wildman–Crippen LogP) is 5.73. The van der Waals surface area contributed by atoms with Gasteiger partial charge in [0, 0.05) is 89.2 Å². The number of piperidine rings is 2. The number of carbonyl (C=O) groups is 2. The molecule has 17 heteroatoms. The molecule has 4 fully saturated rings. The van der Waals surface area contributed by atoms with Crippen molar-refractivity contribution in [2.45, 2.75) is 69.2 Å². The van der Waals surface area contributed by atoms with Crippen LogP contribution < -0.4 is 20.4 Å². The number of nitriles is 1. The summed E-state index contributed by atoms with van der Waals surface area (Å²) in [4.78, 5) is 40.5. The predicted molar refractivity (Wildman–Crippen MR) is 216 cm³/mol. The Balaban J connectivity index is 0.818. The molecule has 9 rings (SSSR count). The van der Waals surface area contributed by atoms with Crippen molar-refractivity contribution in [2.24, 2.45) is 5.92 Å². The lowest BCUT2D eigenvalue weighted by Gasteiger charge is -2.39. The Morgan fingerprint density at radius 3 is 2.45 bits per heavy atom. The SMILES string of the molecule is N#Cc1cnn2c(-c3cc(NC4CCC(F)(F)CC4)c(-c4nnc(N5CCN(CC6CCN(c7ccc([C@@H]8CCC(=O)NC8=O)cn7)CC6)CC5)s4)cn3)ccc2c1. The minimum Gasteiger partial charge on any atom is -0.382 e. The second-order valence-electron chi connectivity index (χ2n) is 15.9. The first-order chi connectivity index (χ1) is 28.2. The standard InChI is InChI=1S/C41H44F2N12O2S/c42-41(43)11-7-29(8-12-41)48-33-20-34(35-4-2-30-19-27(21-44)22-47-55(30)35)45-24-32(33)39-50-51-40(58-39)54-17-15-52(16-18-54)25-26-9-13-53(14-10-26)36-5-1-28(23-46-36)31-3-6-37(56)49-38(31)57/h1-2,4-5,19-20,22-24,26,29,31H,3,6-18,25H2,(H,45,48)(H,49,56,57)/t31-/m0/s1. The monoisotopic (exact) mass is 806 g/mol. The maximum Gasteiger partial charge on any atom is 0.248 e. The molecular weight excluding hydrogens is 763 g/mol. The molecule has 3 saturated heterocycles. The summed E-state index contributed by atoms with van der Waals surface area (Å²) < 4.78 is 29.9. The van der Waals surface area contributed by atoms with Crippen molar-refractivity contribution in [3.63, 3.8) is 0 Å². The molecule has 58 heavy (non-hydrogen) atoms. The molecule has 0 unspecified atom stereocenters. The van der Waals surface area contributed by atoms with Gasteiger partial charge in [-0.05, 0) is 73.9 Å². The fourth-order valence-corrected chi connectivity index (χ4v) is 9.55. The van der Waals surface area contributed by atoms with Crippen molar-refractivity contribution in [3.05, 3.63) is 66.1 Å². The fraction of sp³-hybridized carbons (Fsp3) is 0.463. The normalized spacial score (nSPS) is 20.9. The van der Waals surface area contributed by atoms with Crippen molar-refractivity contribution in [2.75, 3.05) is 60.9 Å². The van der Waals surface area contributed by atoms with Crippen LogP contribution in [0.15, 0.2) is 55.0 Å². The zero-order chi connectivity index (χ0) is 39.8. The molecule has 8 heterocycles. The molecule has 1 aliphatic carbocycles. The van der Waals surface area contributed by atoms with Crippen LogP contribution in [0.25, 0.3) is 27.5 Å². The van der Waals surface area contributed by atoms with Crippen LogP contribution in [0.2, 0.25) is 0 Å². The summed E-state index contributed by atoms with van der Waals surface area (Å²) in [5.74, 6) is -1.88. The largest absolute Gasteiger partial charge is 0.382 e. The number of fused-ring (bicyclic) bond motifs is 1. The highest BCUT2D eigenvalue weighted by molar-refractivity contribution is 7.18. The molecule has 1 saturated carbocycles. The summed E-state index contributed by atoms with van der Waals surface area (Å²) in [7, 11) is 0. The number of carbonyl (C=O) groups excluding carboxylic acids is 2. The van der Waals surface area contributed by atoms with E-state index in [2.05, 4.69) is 51.7 Å². The molecule has 0 aromatic carbocycles. The average molecular weight is 807 g/mol. The molecule has 5 aromatic rings. The van der Waals surface area contributed by atoms with E-state index >= 15 is 0 Å². The summed E-state index contributed by atoms with van der Waals surface area (Å²) in [5, 5.41) is 30.5. The van der Waals surface area contributed by atoms with Gasteiger partial charge in [0.25, 0.3) is 0 Å². The van der Waals surface area contributed by atoms with E-state index in [4.69, 9.17) is 4.98 Å². The summed E-state index contributed by atoms with van der Waals surface area (Å²) >= 11 is 1.51. The van der Waals surface area contributed by atoms with Gasteiger partial charge in [0.1, 0.15) is 11.9 Å². The number of nitrogens with zero attached hydrogens (tertiary/aromatic N) is 10. The summed E-state index contributed by atoms with van der Waals surface area (Å²) in [6.07, 6.45) is 8.55. The Kier molecular flexibility index (Phi) is 10.5. The lowest BCUT2D eigenvalue weighted by Crippen LogP contribution is -2.49. The first kappa shape index (κ1) is 37.9. The van der Waals surface area contributed by atoms with Gasteiger partial charge in [-0.1, -0.05) is 17.4 Å². The number of pyridine rings is 2. The summed E-state index contributed by atoms with van der Waals surface area (Å²) in [5.41, 5.74) is 5.04. The number of rotatable bonds is 9. The molecule has 4 aliphatic rings. The van der Waals surface area contributed by atoms with Crippen LogP contribution in [-0.4, -0.2) is 104 Å². The number of amides is 2. The van der Waals surface area contributed by atoms with E-state index in [1.54, 1.807) is 23.0 Å². The highest BCUT2D eigenvalue weighted by Crippen LogP contribution is 2.39. The third-order valence-electron chi connectivity index (χ3n) is 12.0. The Labute approximate surface area is 338 Å². The van der Waals surface area contributed by atoms with Crippen LogP contribution in [0.4, 0.5) is 25.4 Å². The maximum absolute atomic E-state index is 14.1. The first-order valence-electron chi connectivity index (χ1n) is 20.1. The Morgan fingerprint density at radius 1 is 0.897 bits per heavy atom. The van der Waals surface area contributed by atoms with Gasteiger partial charge in [-0.2, -0.15) is 10.4 Å². The third-order valence-corrected chi connectivity index (χ3v) is 13.0. The minimum atomic E-state index is -2.63. The van der Waals surface area contributed by atoms with Crippen molar-refractivity contribution in [1.29, 1.82) is 5.26 Å². The lowest BCUT2D eigenvalue weighted by molar-refractivity contribution is -0.134. The molecule has 14 nitrogen and oxygen atoms in total. The van der Waals surface area contributed by atoms with Crippen molar-refractivity contribution < 1.29 is 18.4 Å². The smallest absolute Gasteiger partial charge is 0.248 e. The number of imide groups is 1. The van der Waals surface area contributed by atoms with E-state index in [-0.39, 0.29) is 36.6 Å². The fourth-order valence-electron chi connectivity index (χ4n) is 8.63. The van der Waals surface area contributed by atoms with Crippen molar-refractivity contribution >= 4 is 45.3 Å². The highest BCUT2D eigenvalue weighted by atomic mass is 32.1. The van der Waals surface area contributed by atoms with Crippen LogP contribution in [0.3, 0.4) is 0 Å². The quantitative estimate of drug-likeness (QED) is 0.175. The minimum absolute atomic E-state index is 0.114. The number of nitrogens with one attached hydrogen (secondary N) is 2.